The summed E-state index contributed by atoms with van der Waals surface area (Å²) in [5.41, 5.74) is 2.14. The molecule has 0 aliphatic heterocycles. The van der Waals surface area contributed by atoms with Gasteiger partial charge in [0.1, 0.15) is 4.83 Å². The molecule has 5 heteroatoms. The van der Waals surface area contributed by atoms with E-state index in [0.717, 1.165) is 16.0 Å². The highest BCUT2D eigenvalue weighted by molar-refractivity contribution is 9.09. The summed E-state index contributed by atoms with van der Waals surface area (Å²) >= 11 is 3.87. The zero-order valence-electron chi connectivity index (χ0n) is 8.94. The first-order chi connectivity index (χ1) is 7.30. The Morgan fingerprint density at radius 1 is 1.31 bits per heavy atom. The number of halogens is 4. The fourth-order valence-electron chi connectivity index (χ4n) is 1.22. The predicted molar refractivity (Wildman–Crippen MR) is 65.4 cm³/mol. The molecule has 0 heterocycles. The first-order valence-corrected chi connectivity index (χ1v) is 6.61. The molecule has 0 amide bonds. The molecule has 0 radical (unpaired) electrons. The normalized spacial score (nSPS) is 13.9. The number of thioether (sulfide) groups is 1. The van der Waals surface area contributed by atoms with Crippen molar-refractivity contribution in [1.82, 2.24) is 0 Å². The van der Waals surface area contributed by atoms with Crippen molar-refractivity contribution >= 4 is 27.7 Å². The summed E-state index contributed by atoms with van der Waals surface area (Å²) in [6, 6.07) is 5.75. The number of hydrogen-bond acceptors (Lipinski definition) is 1. The summed E-state index contributed by atoms with van der Waals surface area (Å²) in [4.78, 5) is -0.551. The molecule has 0 saturated carbocycles. The van der Waals surface area contributed by atoms with Gasteiger partial charge in [0.2, 0.25) is 0 Å². The standard InChI is InChI=1S/C11H12BrF3S/c1-7-3-4-9(8(2)5-7)16-6-10(12)11(13,14)15/h3-5,10H,6H2,1-2H3. The molecular formula is C11H12BrF3S. The van der Waals surface area contributed by atoms with Crippen LogP contribution in [0, 0.1) is 13.8 Å². The van der Waals surface area contributed by atoms with Crippen LogP contribution < -0.4 is 0 Å². The maximum atomic E-state index is 12.3. The van der Waals surface area contributed by atoms with Gasteiger partial charge < -0.3 is 0 Å². The van der Waals surface area contributed by atoms with E-state index in [1.54, 1.807) is 0 Å². The van der Waals surface area contributed by atoms with Crippen LogP contribution in [0.2, 0.25) is 0 Å². The fraction of sp³-hybridized carbons (Fsp3) is 0.455. The molecule has 0 fully saturated rings. The Morgan fingerprint density at radius 2 is 1.94 bits per heavy atom. The van der Waals surface area contributed by atoms with Crippen LogP contribution in [0.15, 0.2) is 23.1 Å². The van der Waals surface area contributed by atoms with Crippen molar-refractivity contribution in [2.24, 2.45) is 0 Å². The molecule has 0 spiro atoms. The molecule has 1 rings (SSSR count). The minimum absolute atomic E-state index is 0.00655. The highest BCUT2D eigenvalue weighted by Gasteiger charge is 2.37. The lowest BCUT2D eigenvalue weighted by Gasteiger charge is -2.14. The maximum absolute atomic E-state index is 12.3. The second kappa shape index (κ2) is 5.45. The predicted octanol–water partition coefficient (Wildman–Crippen LogP) is 4.72. The number of aryl methyl sites for hydroxylation is 2. The summed E-state index contributed by atoms with van der Waals surface area (Å²) < 4.78 is 36.8. The van der Waals surface area contributed by atoms with Crippen molar-refractivity contribution in [3.63, 3.8) is 0 Å². The third kappa shape index (κ3) is 4.01. The summed E-state index contributed by atoms with van der Waals surface area (Å²) in [6.07, 6.45) is -4.17. The van der Waals surface area contributed by atoms with Gasteiger partial charge in [-0.05, 0) is 25.5 Å². The van der Waals surface area contributed by atoms with Gasteiger partial charge >= 0.3 is 6.18 Å². The summed E-state index contributed by atoms with van der Waals surface area (Å²) in [5.74, 6) is -0.00655. The van der Waals surface area contributed by atoms with Gasteiger partial charge in [-0.25, -0.2) is 0 Å². The van der Waals surface area contributed by atoms with Gasteiger partial charge in [0.25, 0.3) is 0 Å². The molecule has 16 heavy (non-hydrogen) atoms. The monoisotopic (exact) mass is 312 g/mol. The molecule has 0 N–H and O–H groups in total. The molecule has 1 unspecified atom stereocenters. The van der Waals surface area contributed by atoms with Crippen molar-refractivity contribution < 1.29 is 13.2 Å². The van der Waals surface area contributed by atoms with Gasteiger partial charge in [0, 0.05) is 10.6 Å². The van der Waals surface area contributed by atoms with E-state index in [0.29, 0.717) is 0 Å². The lowest BCUT2D eigenvalue weighted by atomic mass is 10.2. The second-order valence-electron chi connectivity index (χ2n) is 3.59. The Bertz CT molecular complexity index is 363. The number of alkyl halides is 4. The molecule has 0 aliphatic rings. The lowest BCUT2D eigenvalue weighted by molar-refractivity contribution is -0.122. The largest absolute Gasteiger partial charge is 0.402 e. The average molecular weight is 313 g/mol. The Morgan fingerprint density at radius 3 is 2.44 bits per heavy atom. The van der Waals surface area contributed by atoms with Gasteiger partial charge in [-0.2, -0.15) is 13.2 Å². The van der Waals surface area contributed by atoms with Crippen molar-refractivity contribution in [2.75, 3.05) is 5.75 Å². The van der Waals surface area contributed by atoms with E-state index in [1.165, 1.54) is 11.8 Å². The molecule has 0 aliphatic carbocycles. The zero-order chi connectivity index (χ0) is 12.3. The van der Waals surface area contributed by atoms with Crippen LogP contribution in [0.3, 0.4) is 0 Å². The van der Waals surface area contributed by atoms with E-state index < -0.39 is 11.0 Å². The number of rotatable bonds is 3. The molecule has 1 aromatic carbocycles. The Kier molecular flexibility index (Phi) is 4.73. The van der Waals surface area contributed by atoms with Crippen molar-refractivity contribution in [3.05, 3.63) is 29.3 Å². The molecule has 0 bridgehead atoms. The first kappa shape index (κ1) is 13.9. The van der Waals surface area contributed by atoms with Crippen LogP contribution in [-0.4, -0.2) is 16.8 Å². The molecule has 0 aromatic heterocycles. The van der Waals surface area contributed by atoms with Crippen molar-refractivity contribution in [1.29, 1.82) is 0 Å². The Labute approximate surface area is 106 Å². The molecule has 0 nitrogen and oxygen atoms in total. The quantitative estimate of drug-likeness (QED) is 0.575. The van der Waals surface area contributed by atoms with E-state index in [2.05, 4.69) is 15.9 Å². The van der Waals surface area contributed by atoms with E-state index >= 15 is 0 Å². The molecule has 0 saturated heterocycles. The van der Waals surface area contributed by atoms with Crippen LogP contribution in [0.4, 0.5) is 13.2 Å². The van der Waals surface area contributed by atoms with Crippen LogP contribution in [0.5, 0.6) is 0 Å². The van der Waals surface area contributed by atoms with Gasteiger partial charge in [0.15, 0.2) is 0 Å². The van der Waals surface area contributed by atoms with Crippen LogP contribution in [0.1, 0.15) is 11.1 Å². The third-order valence-corrected chi connectivity index (χ3v) is 4.61. The summed E-state index contributed by atoms with van der Waals surface area (Å²) in [6.45, 7) is 3.87. The van der Waals surface area contributed by atoms with E-state index in [-0.39, 0.29) is 5.75 Å². The fourth-order valence-corrected chi connectivity index (χ4v) is 2.58. The highest BCUT2D eigenvalue weighted by atomic mass is 79.9. The highest BCUT2D eigenvalue weighted by Crippen LogP contribution is 2.32. The third-order valence-electron chi connectivity index (χ3n) is 2.07. The van der Waals surface area contributed by atoms with Gasteiger partial charge in [-0.3, -0.25) is 0 Å². The van der Waals surface area contributed by atoms with Gasteiger partial charge in [-0.1, -0.05) is 33.6 Å². The SMILES string of the molecule is Cc1ccc(SCC(Br)C(F)(F)F)c(C)c1. The van der Waals surface area contributed by atoms with E-state index in [9.17, 15) is 13.2 Å². The van der Waals surface area contributed by atoms with E-state index in [1.807, 2.05) is 32.0 Å². The minimum Gasteiger partial charge on any atom is -0.170 e. The summed E-state index contributed by atoms with van der Waals surface area (Å²) in [7, 11) is 0. The van der Waals surface area contributed by atoms with Gasteiger partial charge in [-0.15, -0.1) is 11.8 Å². The molecule has 90 valence electrons. The molecule has 1 atom stereocenters. The average Bonchev–Trinajstić information content (AvgIpc) is 2.14. The van der Waals surface area contributed by atoms with Crippen molar-refractivity contribution in [3.8, 4) is 0 Å². The smallest absolute Gasteiger partial charge is 0.170 e. The van der Waals surface area contributed by atoms with Gasteiger partial charge in [0.05, 0.1) is 0 Å². The zero-order valence-corrected chi connectivity index (χ0v) is 11.3. The second-order valence-corrected chi connectivity index (χ2v) is 5.76. The lowest BCUT2D eigenvalue weighted by Crippen LogP contribution is -2.24. The number of hydrogen-bond donors (Lipinski definition) is 0. The number of benzene rings is 1. The first-order valence-electron chi connectivity index (χ1n) is 4.71. The van der Waals surface area contributed by atoms with E-state index in [4.69, 9.17) is 0 Å². The maximum Gasteiger partial charge on any atom is 0.402 e. The molecule has 1 aromatic rings. The van der Waals surface area contributed by atoms with Crippen LogP contribution >= 0.6 is 27.7 Å². The Balaban J connectivity index is 2.62. The Hall–Kier alpha value is -0.160. The van der Waals surface area contributed by atoms with Crippen LogP contribution in [0.25, 0.3) is 0 Å². The minimum atomic E-state index is -4.17. The van der Waals surface area contributed by atoms with Crippen LogP contribution in [-0.2, 0) is 0 Å². The van der Waals surface area contributed by atoms with Crippen molar-refractivity contribution in [2.45, 2.75) is 29.7 Å². The molecular weight excluding hydrogens is 301 g/mol. The topological polar surface area (TPSA) is 0 Å². The summed E-state index contributed by atoms with van der Waals surface area (Å²) in [5, 5.41) is 0.